The SMILES string of the molecule is OC1(CNc2c(F)cc(Br)cc2F)CCCCCC1. The van der Waals surface area contributed by atoms with Crippen molar-refractivity contribution in [1.29, 1.82) is 0 Å². The number of aliphatic hydroxyl groups is 1. The van der Waals surface area contributed by atoms with E-state index in [4.69, 9.17) is 0 Å². The van der Waals surface area contributed by atoms with E-state index in [0.29, 0.717) is 17.3 Å². The molecule has 106 valence electrons. The second kappa shape index (κ2) is 6.18. The minimum Gasteiger partial charge on any atom is -0.388 e. The summed E-state index contributed by atoms with van der Waals surface area (Å²) in [7, 11) is 0. The third-order valence-electron chi connectivity index (χ3n) is 3.64. The predicted octanol–water partition coefficient (Wildman–Crippen LogP) is 4.22. The summed E-state index contributed by atoms with van der Waals surface area (Å²) in [6.45, 7) is 0.183. The van der Waals surface area contributed by atoms with Crippen LogP contribution < -0.4 is 5.32 Å². The molecule has 0 unspecified atom stereocenters. The standard InChI is InChI=1S/C14H18BrF2NO/c15-10-7-11(16)13(12(17)8-10)18-9-14(19)5-3-1-2-4-6-14/h7-8,18-19H,1-6,9H2. The van der Waals surface area contributed by atoms with Crippen LogP contribution in [0.25, 0.3) is 0 Å². The first-order valence-corrected chi connectivity index (χ1v) is 7.40. The number of anilines is 1. The van der Waals surface area contributed by atoms with Gasteiger partial charge in [0.1, 0.15) is 17.3 Å². The highest BCUT2D eigenvalue weighted by atomic mass is 79.9. The van der Waals surface area contributed by atoms with Gasteiger partial charge in [-0.25, -0.2) is 8.78 Å². The summed E-state index contributed by atoms with van der Waals surface area (Å²) in [5, 5.41) is 13.2. The molecule has 19 heavy (non-hydrogen) atoms. The van der Waals surface area contributed by atoms with Gasteiger partial charge in [-0.2, -0.15) is 0 Å². The Hall–Kier alpha value is -0.680. The Morgan fingerprint density at radius 3 is 2.16 bits per heavy atom. The maximum atomic E-state index is 13.7. The second-order valence-electron chi connectivity index (χ2n) is 5.24. The lowest BCUT2D eigenvalue weighted by atomic mass is 9.94. The summed E-state index contributed by atoms with van der Waals surface area (Å²) in [5.74, 6) is -1.30. The third kappa shape index (κ3) is 3.89. The first-order valence-electron chi connectivity index (χ1n) is 6.61. The Bertz CT molecular complexity index is 422. The topological polar surface area (TPSA) is 32.3 Å². The van der Waals surface area contributed by atoms with Gasteiger partial charge in [0.2, 0.25) is 0 Å². The zero-order valence-electron chi connectivity index (χ0n) is 10.7. The van der Waals surface area contributed by atoms with Crippen LogP contribution in [0.3, 0.4) is 0 Å². The first kappa shape index (κ1) is 14.7. The van der Waals surface area contributed by atoms with Crippen LogP contribution in [0.2, 0.25) is 0 Å². The summed E-state index contributed by atoms with van der Waals surface area (Å²) in [6, 6.07) is 2.42. The van der Waals surface area contributed by atoms with E-state index in [0.717, 1.165) is 25.7 Å². The van der Waals surface area contributed by atoms with Crippen LogP contribution in [-0.4, -0.2) is 17.3 Å². The lowest BCUT2D eigenvalue weighted by molar-refractivity contribution is 0.0380. The lowest BCUT2D eigenvalue weighted by Crippen LogP contribution is -2.36. The molecule has 2 N–H and O–H groups in total. The van der Waals surface area contributed by atoms with Crippen molar-refractivity contribution in [2.45, 2.75) is 44.1 Å². The van der Waals surface area contributed by atoms with Crippen molar-refractivity contribution in [3.63, 3.8) is 0 Å². The van der Waals surface area contributed by atoms with E-state index in [1.165, 1.54) is 12.1 Å². The Balaban J connectivity index is 2.05. The van der Waals surface area contributed by atoms with E-state index in [1.807, 2.05) is 0 Å². The molecule has 5 heteroatoms. The molecule has 0 saturated heterocycles. The third-order valence-corrected chi connectivity index (χ3v) is 4.09. The zero-order chi connectivity index (χ0) is 13.9. The Morgan fingerprint density at radius 1 is 1.11 bits per heavy atom. The highest BCUT2D eigenvalue weighted by Gasteiger charge is 2.28. The minimum atomic E-state index is -0.859. The van der Waals surface area contributed by atoms with Gasteiger partial charge in [-0.05, 0) is 25.0 Å². The van der Waals surface area contributed by atoms with Gasteiger partial charge in [0, 0.05) is 11.0 Å². The number of benzene rings is 1. The molecule has 1 aliphatic rings. The van der Waals surface area contributed by atoms with Crippen molar-refractivity contribution in [1.82, 2.24) is 0 Å². The summed E-state index contributed by atoms with van der Waals surface area (Å²) >= 11 is 3.04. The zero-order valence-corrected chi connectivity index (χ0v) is 12.3. The van der Waals surface area contributed by atoms with E-state index in [2.05, 4.69) is 21.2 Å². The summed E-state index contributed by atoms with van der Waals surface area (Å²) in [6.07, 6.45) is 5.51. The van der Waals surface area contributed by atoms with E-state index in [-0.39, 0.29) is 12.2 Å². The van der Waals surface area contributed by atoms with Crippen molar-refractivity contribution in [3.05, 3.63) is 28.2 Å². The molecule has 1 fully saturated rings. The molecule has 1 aliphatic carbocycles. The van der Waals surface area contributed by atoms with Crippen LogP contribution in [0.5, 0.6) is 0 Å². The maximum absolute atomic E-state index is 13.7. The summed E-state index contributed by atoms with van der Waals surface area (Å²) in [4.78, 5) is 0. The highest BCUT2D eigenvalue weighted by molar-refractivity contribution is 9.10. The molecule has 0 atom stereocenters. The number of halogens is 3. The molecule has 0 spiro atoms. The number of hydrogen-bond acceptors (Lipinski definition) is 2. The first-order chi connectivity index (χ1) is 9.00. The van der Waals surface area contributed by atoms with Crippen molar-refractivity contribution in [2.75, 3.05) is 11.9 Å². The average Bonchev–Trinajstić information content (AvgIpc) is 2.53. The molecule has 0 aromatic heterocycles. The number of rotatable bonds is 3. The van der Waals surface area contributed by atoms with Gasteiger partial charge in [0.05, 0.1) is 5.60 Å². The molecule has 1 saturated carbocycles. The monoisotopic (exact) mass is 333 g/mol. The Morgan fingerprint density at radius 2 is 1.63 bits per heavy atom. The van der Waals surface area contributed by atoms with Crippen LogP contribution in [0.15, 0.2) is 16.6 Å². The van der Waals surface area contributed by atoms with Gasteiger partial charge in [-0.15, -0.1) is 0 Å². The summed E-state index contributed by atoms with van der Waals surface area (Å²) < 4.78 is 27.7. The van der Waals surface area contributed by atoms with E-state index in [1.54, 1.807) is 0 Å². The Labute approximate surface area is 120 Å². The van der Waals surface area contributed by atoms with Gasteiger partial charge in [0.15, 0.2) is 0 Å². The molecule has 1 aromatic carbocycles. The fourth-order valence-corrected chi connectivity index (χ4v) is 2.93. The maximum Gasteiger partial charge on any atom is 0.150 e. The number of nitrogens with one attached hydrogen (secondary N) is 1. The van der Waals surface area contributed by atoms with Crippen molar-refractivity contribution >= 4 is 21.6 Å². The molecular weight excluding hydrogens is 316 g/mol. The molecule has 0 heterocycles. The van der Waals surface area contributed by atoms with E-state index < -0.39 is 17.2 Å². The number of hydrogen-bond donors (Lipinski definition) is 2. The largest absolute Gasteiger partial charge is 0.388 e. The molecular formula is C14H18BrF2NO. The normalized spacial score (nSPS) is 18.9. The minimum absolute atomic E-state index is 0.166. The van der Waals surface area contributed by atoms with Gasteiger partial charge < -0.3 is 10.4 Å². The molecule has 0 aliphatic heterocycles. The molecule has 1 aromatic rings. The predicted molar refractivity (Wildman–Crippen MR) is 75.2 cm³/mol. The molecule has 0 radical (unpaired) electrons. The lowest BCUT2D eigenvalue weighted by Gasteiger charge is -2.27. The smallest absolute Gasteiger partial charge is 0.150 e. The second-order valence-corrected chi connectivity index (χ2v) is 6.15. The fourth-order valence-electron chi connectivity index (χ4n) is 2.53. The summed E-state index contributed by atoms with van der Waals surface area (Å²) in [5.41, 5.74) is -1.02. The fraction of sp³-hybridized carbons (Fsp3) is 0.571. The van der Waals surface area contributed by atoms with Crippen LogP contribution in [0, 0.1) is 11.6 Å². The van der Waals surface area contributed by atoms with Crippen LogP contribution in [-0.2, 0) is 0 Å². The van der Waals surface area contributed by atoms with Crippen molar-refractivity contribution in [2.24, 2.45) is 0 Å². The van der Waals surface area contributed by atoms with Crippen LogP contribution in [0.4, 0.5) is 14.5 Å². The quantitative estimate of drug-likeness (QED) is 0.811. The van der Waals surface area contributed by atoms with Crippen LogP contribution >= 0.6 is 15.9 Å². The molecule has 0 bridgehead atoms. The van der Waals surface area contributed by atoms with Gasteiger partial charge in [-0.1, -0.05) is 41.6 Å². The van der Waals surface area contributed by atoms with E-state index in [9.17, 15) is 13.9 Å². The van der Waals surface area contributed by atoms with Gasteiger partial charge in [0.25, 0.3) is 0 Å². The molecule has 0 amide bonds. The average molecular weight is 334 g/mol. The van der Waals surface area contributed by atoms with Crippen molar-refractivity contribution < 1.29 is 13.9 Å². The Kier molecular flexibility index (Phi) is 4.79. The van der Waals surface area contributed by atoms with Gasteiger partial charge >= 0.3 is 0 Å². The van der Waals surface area contributed by atoms with Crippen molar-refractivity contribution in [3.8, 4) is 0 Å². The van der Waals surface area contributed by atoms with Crippen LogP contribution in [0.1, 0.15) is 38.5 Å². The molecule has 2 rings (SSSR count). The van der Waals surface area contributed by atoms with E-state index >= 15 is 0 Å². The molecule has 2 nitrogen and oxygen atoms in total. The highest BCUT2D eigenvalue weighted by Crippen LogP contribution is 2.29. The van der Waals surface area contributed by atoms with Gasteiger partial charge in [-0.3, -0.25) is 0 Å².